The fourth-order valence-electron chi connectivity index (χ4n) is 3.15. The molecular formula is C20H33N3O2. The molecule has 0 aliphatic carbocycles. The van der Waals surface area contributed by atoms with Crippen LogP contribution < -0.4 is 5.32 Å². The lowest BCUT2D eigenvalue weighted by molar-refractivity contribution is 0.133. The number of carbonyl (C=O) groups is 1. The van der Waals surface area contributed by atoms with Gasteiger partial charge >= 0.3 is 6.03 Å². The monoisotopic (exact) mass is 347 g/mol. The molecular weight excluding hydrogens is 314 g/mol. The molecule has 1 fully saturated rings. The highest BCUT2D eigenvalue weighted by atomic mass is 16.3. The number of urea groups is 1. The van der Waals surface area contributed by atoms with Crippen molar-refractivity contribution in [3.63, 3.8) is 0 Å². The molecule has 1 unspecified atom stereocenters. The van der Waals surface area contributed by atoms with Crippen LogP contribution in [0.5, 0.6) is 0 Å². The summed E-state index contributed by atoms with van der Waals surface area (Å²) in [6, 6.07) is 9.01. The Bertz CT molecular complexity index is 522. The lowest BCUT2D eigenvalue weighted by atomic mass is 10.0. The van der Waals surface area contributed by atoms with Gasteiger partial charge in [-0.2, -0.15) is 0 Å². The van der Waals surface area contributed by atoms with Gasteiger partial charge in [-0.1, -0.05) is 38.1 Å². The number of hydrogen-bond donors (Lipinski definition) is 2. The third-order valence-electron chi connectivity index (χ3n) is 4.88. The highest BCUT2D eigenvalue weighted by molar-refractivity contribution is 5.74. The first-order valence-corrected chi connectivity index (χ1v) is 9.47. The van der Waals surface area contributed by atoms with Gasteiger partial charge in [0, 0.05) is 45.4 Å². The molecule has 1 aromatic rings. The quantitative estimate of drug-likeness (QED) is 0.797. The van der Waals surface area contributed by atoms with Gasteiger partial charge < -0.3 is 15.3 Å². The van der Waals surface area contributed by atoms with E-state index in [1.165, 1.54) is 11.1 Å². The number of rotatable bonds is 7. The summed E-state index contributed by atoms with van der Waals surface area (Å²) in [4.78, 5) is 16.6. The second-order valence-electron chi connectivity index (χ2n) is 7.38. The molecule has 0 bridgehead atoms. The van der Waals surface area contributed by atoms with E-state index < -0.39 is 0 Å². The number of carbonyl (C=O) groups excluding carboxylic acids is 1. The van der Waals surface area contributed by atoms with E-state index in [9.17, 15) is 4.79 Å². The van der Waals surface area contributed by atoms with Gasteiger partial charge in [0.1, 0.15) is 0 Å². The van der Waals surface area contributed by atoms with E-state index in [1.807, 2.05) is 11.8 Å². The molecule has 25 heavy (non-hydrogen) atoms. The Morgan fingerprint density at radius 3 is 2.32 bits per heavy atom. The van der Waals surface area contributed by atoms with Crippen molar-refractivity contribution in [3.05, 3.63) is 35.4 Å². The molecule has 1 heterocycles. The standard InChI is InChI=1S/C20H33N3O2/c1-16(2)19-8-6-18(7-9-19)15-22-10-12-23(13-11-22)20(25)21-17(3)5-4-14-24/h6-9,16-17,24H,4-5,10-15H2,1-3H3,(H,21,25). The van der Waals surface area contributed by atoms with Crippen molar-refractivity contribution in [2.45, 2.75) is 52.1 Å². The maximum atomic E-state index is 12.3. The van der Waals surface area contributed by atoms with Crippen LogP contribution in [0.15, 0.2) is 24.3 Å². The third kappa shape index (κ3) is 6.33. The number of hydrogen-bond acceptors (Lipinski definition) is 3. The van der Waals surface area contributed by atoms with Crippen LogP contribution in [-0.2, 0) is 6.54 Å². The Balaban J connectivity index is 1.74. The highest BCUT2D eigenvalue weighted by Gasteiger charge is 2.21. The molecule has 5 nitrogen and oxygen atoms in total. The SMILES string of the molecule is CC(CCCO)NC(=O)N1CCN(Cc2ccc(C(C)C)cc2)CC1. The molecule has 0 radical (unpaired) electrons. The summed E-state index contributed by atoms with van der Waals surface area (Å²) >= 11 is 0. The van der Waals surface area contributed by atoms with Crippen LogP contribution in [-0.4, -0.2) is 59.8 Å². The number of aliphatic hydroxyl groups is 1. The largest absolute Gasteiger partial charge is 0.396 e. The number of piperazine rings is 1. The fraction of sp³-hybridized carbons (Fsp3) is 0.650. The van der Waals surface area contributed by atoms with Crippen LogP contribution in [0.1, 0.15) is 50.7 Å². The Hall–Kier alpha value is -1.59. The zero-order valence-electron chi connectivity index (χ0n) is 15.9. The van der Waals surface area contributed by atoms with Crippen LogP contribution >= 0.6 is 0 Å². The number of benzene rings is 1. The van der Waals surface area contributed by atoms with Crippen molar-refractivity contribution in [3.8, 4) is 0 Å². The van der Waals surface area contributed by atoms with Crippen molar-refractivity contribution >= 4 is 6.03 Å². The van der Waals surface area contributed by atoms with Gasteiger partial charge in [-0.3, -0.25) is 4.90 Å². The Morgan fingerprint density at radius 2 is 1.76 bits per heavy atom. The van der Waals surface area contributed by atoms with Crippen molar-refractivity contribution < 1.29 is 9.90 Å². The summed E-state index contributed by atoms with van der Waals surface area (Å²) in [6.07, 6.45) is 1.54. The number of amides is 2. The van der Waals surface area contributed by atoms with E-state index in [0.717, 1.165) is 45.6 Å². The van der Waals surface area contributed by atoms with E-state index in [4.69, 9.17) is 5.11 Å². The summed E-state index contributed by atoms with van der Waals surface area (Å²) in [5.74, 6) is 0.566. The summed E-state index contributed by atoms with van der Waals surface area (Å²) in [5, 5.41) is 11.9. The maximum absolute atomic E-state index is 12.3. The second kappa shape index (κ2) is 9.78. The molecule has 140 valence electrons. The second-order valence-corrected chi connectivity index (χ2v) is 7.38. The molecule has 0 saturated carbocycles. The molecule has 2 amide bonds. The molecule has 5 heteroatoms. The first-order valence-electron chi connectivity index (χ1n) is 9.47. The molecule has 1 aliphatic heterocycles. The Kier molecular flexibility index (Phi) is 7.72. The first-order chi connectivity index (χ1) is 12.0. The summed E-state index contributed by atoms with van der Waals surface area (Å²) in [6.45, 7) is 10.9. The van der Waals surface area contributed by atoms with Crippen molar-refractivity contribution in [2.24, 2.45) is 0 Å². The van der Waals surface area contributed by atoms with E-state index >= 15 is 0 Å². The molecule has 1 aliphatic rings. The molecule has 1 saturated heterocycles. The fourth-order valence-corrected chi connectivity index (χ4v) is 3.15. The van der Waals surface area contributed by atoms with E-state index in [1.54, 1.807) is 0 Å². The van der Waals surface area contributed by atoms with Gasteiger partial charge in [-0.25, -0.2) is 4.79 Å². The van der Waals surface area contributed by atoms with Gasteiger partial charge in [-0.05, 0) is 36.8 Å². The molecule has 2 N–H and O–H groups in total. The van der Waals surface area contributed by atoms with Crippen molar-refractivity contribution in [1.82, 2.24) is 15.1 Å². The van der Waals surface area contributed by atoms with Crippen LogP contribution in [0.3, 0.4) is 0 Å². The van der Waals surface area contributed by atoms with Gasteiger partial charge in [0.15, 0.2) is 0 Å². The average Bonchev–Trinajstić information content (AvgIpc) is 2.61. The minimum absolute atomic E-state index is 0.0198. The topological polar surface area (TPSA) is 55.8 Å². The molecule has 1 atom stereocenters. The highest BCUT2D eigenvalue weighted by Crippen LogP contribution is 2.16. The van der Waals surface area contributed by atoms with Crippen LogP contribution in [0.25, 0.3) is 0 Å². The molecule has 0 spiro atoms. The number of aliphatic hydroxyl groups excluding tert-OH is 1. The Labute approximate surface area is 152 Å². The lowest BCUT2D eigenvalue weighted by Crippen LogP contribution is -2.52. The van der Waals surface area contributed by atoms with Crippen molar-refractivity contribution in [2.75, 3.05) is 32.8 Å². The minimum Gasteiger partial charge on any atom is -0.396 e. The first kappa shape index (κ1) is 19.7. The predicted molar refractivity (Wildman–Crippen MR) is 102 cm³/mol. The maximum Gasteiger partial charge on any atom is 0.317 e. The number of nitrogens with one attached hydrogen (secondary N) is 1. The predicted octanol–water partition coefficient (Wildman–Crippen LogP) is 2.80. The van der Waals surface area contributed by atoms with Crippen molar-refractivity contribution in [1.29, 1.82) is 0 Å². The van der Waals surface area contributed by atoms with E-state index in [0.29, 0.717) is 5.92 Å². The molecule has 0 aromatic heterocycles. The lowest BCUT2D eigenvalue weighted by Gasteiger charge is -2.35. The Morgan fingerprint density at radius 1 is 1.12 bits per heavy atom. The summed E-state index contributed by atoms with van der Waals surface area (Å²) in [7, 11) is 0. The minimum atomic E-state index is 0.0198. The molecule has 2 rings (SSSR count). The molecule has 1 aromatic carbocycles. The number of nitrogens with zero attached hydrogens (tertiary/aromatic N) is 2. The third-order valence-corrected chi connectivity index (χ3v) is 4.88. The van der Waals surface area contributed by atoms with Crippen LogP contribution in [0, 0.1) is 0 Å². The van der Waals surface area contributed by atoms with Crippen LogP contribution in [0.2, 0.25) is 0 Å². The van der Waals surface area contributed by atoms with E-state index in [-0.39, 0.29) is 18.7 Å². The van der Waals surface area contributed by atoms with Gasteiger partial charge in [0.05, 0.1) is 0 Å². The zero-order chi connectivity index (χ0) is 18.2. The summed E-state index contributed by atoms with van der Waals surface area (Å²) in [5.41, 5.74) is 2.71. The van der Waals surface area contributed by atoms with Crippen LogP contribution in [0.4, 0.5) is 4.79 Å². The van der Waals surface area contributed by atoms with Gasteiger partial charge in [0.25, 0.3) is 0 Å². The zero-order valence-corrected chi connectivity index (χ0v) is 15.9. The normalized spacial score (nSPS) is 16.9. The van der Waals surface area contributed by atoms with Gasteiger partial charge in [-0.15, -0.1) is 0 Å². The average molecular weight is 348 g/mol. The van der Waals surface area contributed by atoms with E-state index in [2.05, 4.69) is 48.3 Å². The smallest absolute Gasteiger partial charge is 0.317 e. The van der Waals surface area contributed by atoms with Gasteiger partial charge in [0.2, 0.25) is 0 Å². The summed E-state index contributed by atoms with van der Waals surface area (Å²) < 4.78 is 0.